The number of thiazole rings is 1. The molecule has 1 aromatic heterocycles. The summed E-state index contributed by atoms with van der Waals surface area (Å²) in [5, 5.41) is 10.1. The molecule has 0 aliphatic rings. The van der Waals surface area contributed by atoms with Gasteiger partial charge in [-0.1, -0.05) is 0 Å². The summed E-state index contributed by atoms with van der Waals surface area (Å²) in [6.07, 6.45) is -4.77. The topological polar surface area (TPSA) is 102 Å². The molecular weight excluding hydrogens is 449 g/mol. The van der Waals surface area contributed by atoms with Gasteiger partial charge in [-0.25, -0.2) is 4.98 Å². The molecule has 0 aliphatic heterocycles. The second-order valence-electron chi connectivity index (χ2n) is 6.29. The van der Waals surface area contributed by atoms with Gasteiger partial charge in [-0.15, -0.1) is 24.5 Å². The van der Waals surface area contributed by atoms with Crippen LogP contribution in [0.15, 0.2) is 47.8 Å². The van der Waals surface area contributed by atoms with Gasteiger partial charge >= 0.3 is 6.36 Å². The molecule has 32 heavy (non-hydrogen) atoms. The number of nitrogens with one attached hydrogen (secondary N) is 3. The van der Waals surface area contributed by atoms with Gasteiger partial charge in [0.2, 0.25) is 5.91 Å². The van der Waals surface area contributed by atoms with Crippen LogP contribution in [0.3, 0.4) is 0 Å². The number of methoxy groups -OCH3 is 1. The number of nitrogens with zero attached hydrogens (tertiary/aromatic N) is 1. The van der Waals surface area contributed by atoms with Crippen molar-refractivity contribution in [3.05, 3.63) is 53.5 Å². The van der Waals surface area contributed by atoms with Crippen molar-refractivity contribution in [2.75, 3.05) is 23.1 Å². The maximum atomic E-state index is 12.6. The molecule has 0 bridgehead atoms. The zero-order valence-electron chi connectivity index (χ0n) is 16.7. The molecule has 0 saturated carbocycles. The zero-order chi connectivity index (χ0) is 23.3. The Bertz CT molecular complexity index is 1120. The molecule has 0 spiro atoms. The van der Waals surface area contributed by atoms with E-state index in [9.17, 15) is 22.8 Å². The molecule has 2 aromatic carbocycles. The van der Waals surface area contributed by atoms with Crippen LogP contribution < -0.4 is 25.4 Å². The Morgan fingerprint density at radius 1 is 1.03 bits per heavy atom. The van der Waals surface area contributed by atoms with Crippen molar-refractivity contribution < 1.29 is 32.2 Å². The lowest BCUT2D eigenvalue weighted by molar-refractivity contribution is -0.274. The molecule has 3 aromatic rings. The highest BCUT2D eigenvalue weighted by atomic mass is 32.1. The van der Waals surface area contributed by atoms with Crippen molar-refractivity contribution in [1.29, 1.82) is 0 Å². The molecule has 8 nitrogen and oxygen atoms in total. The van der Waals surface area contributed by atoms with E-state index in [2.05, 4.69) is 25.7 Å². The summed E-state index contributed by atoms with van der Waals surface area (Å²) in [5.74, 6) is -0.734. The van der Waals surface area contributed by atoms with Gasteiger partial charge in [-0.2, -0.15) is 0 Å². The number of rotatable bonds is 7. The van der Waals surface area contributed by atoms with Gasteiger partial charge in [-0.3, -0.25) is 9.59 Å². The van der Waals surface area contributed by atoms with E-state index >= 15 is 0 Å². The molecule has 0 aliphatic carbocycles. The highest BCUT2D eigenvalue weighted by Crippen LogP contribution is 2.29. The lowest BCUT2D eigenvalue weighted by Crippen LogP contribution is -2.16. The Hall–Kier alpha value is -3.80. The first kappa shape index (κ1) is 22.9. The van der Waals surface area contributed by atoms with E-state index < -0.39 is 12.3 Å². The fraction of sp³-hybridized carbons (Fsp3) is 0.150. The van der Waals surface area contributed by atoms with Gasteiger partial charge in [0.15, 0.2) is 5.13 Å². The monoisotopic (exact) mass is 466 g/mol. The van der Waals surface area contributed by atoms with Gasteiger partial charge in [-0.05, 0) is 42.5 Å². The first-order chi connectivity index (χ1) is 15.1. The van der Waals surface area contributed by atoms with Crippen LogP contribution in [-0.4, -0.2) is 30.3 Å². The van der Waals surface area contributed by atoms with Crippen molar-refractivity contribution >= 4 is 45.3 Å². The van der Waals surface area contributed by atoms with Gasteiger partial charge < -0.3 is 25.4 Å². The number of carbonyl (C=O) groups is 2. The number of carbonyl (C=O) groups excluding carboxylic acids is 2. The van der Waals surface area contributed by atoms with E-state index in [4.69, 9.17) is 4.74 Å². The normalized spacial score (nSPS) is 10.9. The number of hydrogen-bond donors (Lipinski definition) is 3. The average Bonchev–Trinajstić information content (AvgIpc) is 3.17. The molecule has 0 fully saturated rings. The van der Waals surface area contributed by atoms with Crippen molar-refractivity contribution in [2.24, 2.45) is 0 Å². The number of benzene rings is 2. The highest BCUT2D eigenvalue weighted by molar-refractivity contribution is 7.14. The van der Waals surface area contributed by atoms with E-state index in [0.717, 1.165) is 23.5 Å². The molecule has 1 heterocycles. The fourth-order valence-electron chi connectivity index (χ4n) is 2.57. The second-order valence-corrected chi connectivity index (χ2v) is 7.14. The highest BCUT2D eigenvalue weighted by Gasteiger charge is 2.31. The first-order valence-corrected chi connectivity index (χ1v) is 9.86. The summed E-state index contributed by atoms with van der Waals surface area (Å²) in [6.45, 7) is 1.36. The average molecular weight is 466 g/mol. The quantitative estimate of drug-likeness (QED) is 0.453. The summed E-state index contributed by atoms with van der Waals surface area (Å²) in [5.41, 5.74) is 1.39. The molecule has 3 rings (SSSR count). The van der Waals surface area contributed by atoms with Crippen molar-refractivity contribution in [3.8, 4) is 11.5 Å². The predicted molar refractivity (Wildman–Crippen MR) is 114 cm³/mol. The summed E-state index contributed by atoms with van der Waals surface area (Å²) >= 11 is 1.14. The fourth-order valence-corrected chi connectivity index (χ4v) is 3.28. The smallest absolute Gasteiger partial charge is 0.495 e. The third-order valence-electron chi connectivity index (χ3n) is 3.84. The Kier molecular flexibility index (Phi) is 6.83. The predicted octanol–water partition coefficient (Wildman–Crippen LogP) is 5.00. The summed E-state index contributed by atoms with van der Waals surface area (Å²) in [4.78, 5) is 28.0. The van der Waals surface area contributed by atoms with E-state index in [1.807, 2.05) is 0 Å². The number of ether oxygens (including phenoxy) is 2. The Morgan fingerprint density at radius 2 is 1.72 bits per heavy atom. The van der Waals surface area contributed by atoms with Crippen LogP contribution in [0.25, 0.3) is 0 Å². The zero-order valence-corrected chi connectivity index (χ0v) is 17.6. The van der Waals surface area contributed by atoms with Gasteiger partial charge in [0.1, 0.15) is 17.2 Å². The maximum Gasteiger partial charge on any atom is 0.573 e. The third kappa shape index (κ3) is 6.35. The molecule has 2 amide bonds. The van der Waals surface area contributed by atoms with Crippen LogP contribution in [0, 0.1) is 0 Å². The molecule has 0 radical (unpaired) electrons. The summed E-state index contributed by atoms with van der Waals surface area (Å²) in [6, 6.07) is 9.87. The Balaban J connectivity index is 1.68. The molecule has 0 saturated heterocycles. The molecular formula is C20H17F3N4O4S. The van der Waals surface area contributed by atoms with Gasteiger partial charge in [0, 0.05) is 23.7 Å². The molecule has 12 heteroatoms. The lowest BCUT2D eigenvalue weighted by Gasteiger charge is -2.11. The van der Waals surface area contributed by atoms with Crippen LogP contribution in [-0.2, 0) is 4.79 Å². The van der Waals surface area contributed by atoms with Crippen molar-refractivity contribution in [3.63, 3.8) is 0 Å². The SMILES string of the molecule is COc1ccc(NC(C)=O)cc1NC(=O)c1csc(Nc2ccc(OC(F)(F)F)cc2)n1. The molecule has 0 unspecified atom stereocenters. The number of amides is 2. The van der Waals surface area contributed by atoms with Crippen LogP contribution >= 0.6 is 11.3 Å². The Morgan fingerprint density at radius 3 is 2.34 bits per heavy atom. The molecule has 0 atom stereocenters. The van der Waals surface area contributed by atoms with E-state index in [0.29, 0.717) is 27.9 Å². The molecule has 3 N–H and O–H groups in total. The van der Waals surface area contributed by atoms with Crippen LogP contribution in [0.2, 0.25) is 0 Å². The summed E-state index contributed by atoms with van der Waals surface area (Å²) in [7, 11) is 1.44. The van der Waals surface area contributed by atoms with E-state index in [-0.39, 0.29) is 17.4 Å². The second kappa shape index (κ2) is 9.56. The van der Waals surface area contributed by atoms with E-state index in [1.165, 1.54) is 31.5 Å². The third-order valence-corrected chi connectivity index (χ3v) is 4.60. The number of aromatic nitrogens is 1. The minimum Gasteiger partial charge on any atom is -0.495 e. The summed E-state index contributed by atoms with van der Waals surface area (Å²) < 4.78 is 45.8. The van der Waals surface area contributed by atoms with Crippen molar-refractivity contribution in [1.82, 2.24) is 4.98 Å². The number of anilines is 4. The first-order valence-electron chi connectivity index (χ1n) is 8.98. The molecule has 168 valence electrons. The minimum absolute atomic E-state index is 0.113. The standard InChI is InChI=1S/C20H17F3N4O4S/c1-11(28)24-13-5-8-17(30-2)15(9-13)26-18(29)16-10-32-19(27-16)25-12-3-6-14(7-4-12)31-20(21,22)23/h3-10H,1-2H3,(H,24,28)(H,25,27)(H,26,29). The van der Waals surface area contributed by atoms with Gasteiger partial charge in [0.05, 0.1) is 12.8 Å². The van der Waals surface area contributed by atoms with Gasteiger partial charge in [0.25, 0.3) is 5.91 Å². The number of alkyl halides is 3. The van der Waals surface area contributed by atoms with E-state index in [1.54, 1.807) is 18.2 Å². The number of hydrogen-bond acceptors (Lipinski definition) is 7. The van der Waals surface area contributed by atoms with Crippen LogP contribution in [0.4, 0.5) is 35.4 Å². The van der Waals surface area contributed by atoms with Crippen molar-refractivity contribution in [2.45, 2.75) is 13.3 Å². The lowest BCUT2D eigenvalue weighted by atomic mass is 10.2. The van der Waals surface area contributed by atoms with Crippen LogP contribution in [0.5, 0.6) is 11.5 Å². The Labute approximate surface area is 184 Å². The van der Waals surface area contributed by atoms with Crippen LogP contribution in [0.1, 0.15) is 17.4 Å². The number of halogens is 3. The largest absolute Gasteiger partial charge is 0.573 e. The maximum absolute atomic E-state index is 12.6. The minimum atomic E-state index is -4.77.